The fourth-order valence-electron chi connectivity index (χ4n) is 3.24. The Hall–Kier alpha value is -1.06. The Labute approximate surface area is 122 Å². The van der Waals surface area contributed by atoms with Gasteiger partial charge in [0.1, 0.15) is 12.1 Å². The summed E-state index contributed by atoms with van der Waals surface area (Å²) in [5.74, 6) is 1.07. The number of hydrogen-bond acceptors (Lipinski definition) is 2. The van der Waals surface area contributed by atoms with E-state index in [1.165, 1.54) is 12.8 Å². The maximum Gasteiger partial charge on any atom is 0.246 e. The second-order valence-corrected chi connectivity index (χ2v) is 6.64. The van der Waals surface area contributed by atoms with Crippen molar-refractivity contribution >= 4 is 11.8 Å². The molecule has 1 N–H and O–H groups in total. The largest absolute Gasteiger partial charge is 0.342 e. The highest BCUT2D eigenvalue weighted by atomic mass is 16.2. The molecular weight excluding hydrogens is 252 g/mol. The molecule has 0 radical (unpaired) electrons. The normalized spacial score (nSPS) is 28.8. The number of rotatable bonds is 6. The Morgan fingerprint density at radius 3 is 2.35 bits per heavy atom. The topological polar surface area (TPSA) is 49.4 Å². The van der Waals surface area contributed by atoms with Crippen molar-refractivity contribution in [1.82, 2.24) is 10.2 Å². The lowest BCUT2D eigenvalue weighted by atomic mass is 9.93. The lowest BCUT2D eigenvalue weighted by Crippen LogP contribution is -2.66. The monoisotopic (exact) mass is 280 g/mol. The molecular formula is C16H28N2O2. The van der Waals surface area contributed by atoms with E-state index in [1.807, 2.05) is 25.7 Å². The van der Waals surface area contributed by atoms with E-state index in [0.717, 1.165) is 18.8 Å². The summed E-state index contributed by atoms with van der Waals surface area (Å²) < 4.78 is 0. The van der Waals surface area contributed by atoms with E-state index in [0.29, 0.717) is 6.42 Å². The Morgan fingerprint density at radius 1 is 1.25 bits per heavy atom. The fourth-order valence-corrected chi connectivity index (χ4v) is 3.24. The van der Waals surface area contributed by atoms with Gasteiger partial charge in [0.25, 0.3) is 0 Å². The molecule has 0 bridgehead atoms. The van der Waals surface area contributed by atoms with Crippen molar-refractivity contribution in [3.05, 3.63) is 0 Å². The van der Waals surface area contributed by atoms with Crippen LogP contribution in [0.1, 0.15) is 59.8 Å². The van der Waals surface area contributed by atoms with E-state index in [2.05, 4.69) is 12.2 Å². The summed E-state index contributed by atoms with van der Waals surface area (Å²) >= 11 is 0. The fraction of sp³-hybridized carbons (Fsp3) is 0.875. The lowest BCUT2D eigenvalue weighted by Gasteiger charge is -2.44. The molecule has 3 unspecified atom stereocenters. The molecule has 2 fully saturated rings. The first-order valence-corrected chi connectivity index (χ1v) is 8.12. The minimum atomic E-state index is -0.349. The van der Waals surface area contributed by atoms with E-state index in [9.17, 15) is 9.59 Å². The highest BCUT2D eigenvalue weighted by molar-refractivity contribution is 5.97. The van der Waals surface area contributed by atoms with Gasteiger partial charge < -0.3 is 10.2 Å². The molecule has 0 aromatic heterocycles. The molecule has 4 heteroatoms. The average molecular weight is 280 g/mol. The van der Waals surface area contributed by atoms with Crippen LogP contribution in [0.2, 0.25) is 0 Å². The van der Waals surface area contributed by atoms with Crippen LogP contribution in [0.5, 0.6) is 0 Å². The van der Waals surface area contributed by atoms with Crippen LogP contribution in [0.15, 0.2) is 0 Å². The number of amides is 2. The molecule has 1 aliphatic carbocycles. The Balaban J connectivity index is 2.21. The molecule has 2 aliphatic rings. The highest BCUT2D eigenvalue weighted by Gasteiger charge is 2.44. The number of nitrogens with zero attached hydrogens (tertiary/aromatic N) is 1. The third-order valence-electron chi connectivity index (χ3n) is 4.68. The lowest BCUT2D eigenvalue weighted by molar-refractivity contribution is -0.154. The van der Waals surface area contributed by atoms with Crippen molar-refractivity contribution in [3.63, 3.8) is 0 Å². The second kappa shape index (κ2) is 6.15. The van der Waals surface area contributed by atoms with Gasteiger partial charge in [0, 0.05) is 6.04 Å². The zero-order valence-electron chi connectivity index (χ0n) is 13.2. The first kappa shape index (κ1) is 15.3. The summed E-state index contributed by atoms with van der Waals surface area (Å²) in [5, 5.41) is 2.91. The van der Waals surface area contributed by atoms with Crippen molar-refractivity contribution in [2.45, 2.75) is 77.9 Å². The molecule has 1 saturated heterocycles. The van der Waals surface area contributed by atoms with Crippen LogP contribution < -0.4 is 5.32 Å². The van der Waals surface area contributed by atoms with Crippen LogP contribution in [0.25, 0.3) is 0 Å². The van der Waals surface area contributed by atoms with E-state index < -0.39 is 0 Å². The summed E-state index contributed by atoms with van der Waals surface area (Å²) in [6.07, 6.45) is 5.28. The smallest absolute Gasteiger partial charge is 0.246 e. The summed E-state index contributed by atoms with van der Waals surface area (Å²) in [5.41, 5.74) is 0. The minimum Gasteiger partial charge on any atom is -0.342 e. The van der Waals surface area contributed by atoms with Gasteiger partial charge in [-0.2, -0.15) is 0 Å². The van der Waals surface area contributed by atoms with Crippen LogP contribution in [-0.4, -0.2) is 34.8 Å². The first-order chi connectivity index (χ1) is 9.49. The highest BCUT2D eigenvalue weighted by Crippen LogP contribution is 2.36. The van der Waals surface area contributed by atoms with Gasteiger partial charge in [0.05, 0.1) is 0 Å². The van der Waals surface area contributed by atoms with Crippen molar-refractivity contribution in [2.75, 3.05) is 0 Å². The van der Waals surface area contributed by atoms with Crippen molar-refractivity contribution in [1.29, 1.82) is 0 Å². The molecule has 114 valence electrons. The third-order valence-corrected chi connectivity index (χ3v) is 4.68. The zero-order valence-corrected chi connectivity index (χ0v) is 13.2. The van der Waals surface area contributed by atoms with Gasteiger partial charge >= 0.3 is 0 Å². The Kier molecular flexibility index (Phi) is 4.71. The predicted octanol–water partition coefficient (Wildman–Crippen LogP) is 2.33. The van der Waals surface area contributed by atoms with Crippen molar-refractivity contribution < 1.29 is 9.59 Å². The van der Waals surface area contributed by atoms with Crippen LogP contribution in [-0.2, 0) is 9.59 Å². The number of piperazine rings is 1. The van der Waals surface area contributed by atoms with E-state index >= 15 is 0 Å². The van der Waals surface area contributed by atoms with Crippen molar-refractivity contribution in [2.24, 2.45) is 11.8 Å². The molecule has 1 saturated carbocycles. The molecule has 1 aliphatic heterocycles. The van der Waals surface area contributed by atoms with Crippen LogP contribution in [0.4, 0.5) is 0 Å². The number of nitrogens with one attached hydrogen (secondary N) is 1. The van der Waals surface area contributed by atoms with Gasteiger partial charge in [0.15, 0.2) is 0 Å². The average Bonchev–Trinajstić information content (AvgIpc) is 3.21. The quantitative estimate of drug-likeness (QED) is 0.812. The molecule has 20 heavy (non-hydrogen) atoms. The van der Waals surface area contributed by atoms with Crippen LogP contribution in [0, 0.1) is 11.8 Å². The summed E-state index contributed by atoms with van der Waals surface area (Å²) in [6, 6.07) is -0.396. The van der Waals surface area contributed by atoms with Gasteiger partial charge in [-0.3, -0.25) is 9.59 Å². The van der Waals surface area contributed by atoms with E-state index in [1.54, 1.807) is 0 Å². The standard InChI is InChI=1S/C16H28N2O2/c1-5-12(9-11-7-8-11)18-13(6-2)15(19)17-14(10(3)4)16(18)20/h10-14H,5-9H2,1-4H3,(H,17,19). The Bertz CT molecular complexity index is 377. The first-order valence-electron chi connectivity index (χ1n) is 8.12. The molecule has 4 nitrogen and oxygen atoms in total. The van der Waals surface area contributed by atoms with Crippen LogP contribution in [0.3, 0.4) is 0 Å². The number of carbonyl (C=O) groups is 2. The maximum atomic E-state index is 12.8. The third kappa shape index (κ3) is 2.99. The van der Waals surface area contributed by atoms with Gasteiger partial charge in [-0.15, -0.1) is 0 Å². The van der Waals surface area contributed by atoms with E-state index in [-0.39, 0.29) is 35.9 Å². The molecule has 1 heterocycles. The molecule has 2 rings (SSSR count). The molecule has 3 atom stereocenters. The van der Waals surface area contributed by atoms with Gasteiger partial charge in [-0.05, 0) is 31.1 Å². The predicted molar refractivity (Wildman–Crippen MR) is 79.1 cm³/mol. The number of hydrogen-bond donors (Lipinski definition) is 1. The van der Waals surface area contributed by atoms with Gasteiger partial charge in [-0.25, -0.2) is 0 Å². The summed E-state index contributed by atoms with van der Waals surface area (Å²) in [6.45, 7) is 8.11. The Morgan fingerprint density at radius 2 is 1.90 bits per heavy atom. The summed E-state index contributed by atoms with van der Waals surface area (Å²) in [4.78, 5) is 27.0. The summed E-state index contributed by atoms with van der Waals surface area (Å²) in [7, 11) is 0. The van der Waals surface area contributed by atoms with Crippen LogP contribution >= 0.6 is 0 Å². The number of carbonyl (C=O) groups excluding carboxylic acids is 2. The molecule has 0 spiro atoms. The van der Waals surface area contributed by atoms with E-state index in [4.69, 9.17) is 0 Å². The second-order valence-electron chi connectivity index (χ2n) is 6.64. The molecule has 0 aromatic rings. The molecule has 0 aromatic carbocycles. The zero-order chi connectivity index (χ0) is 14.9. The maximum absolute atomic E-state index is 12.8. The SMILES string of the molecule is CCC(CC1CC1)N1C(=O)C(C(C)C)NC(=O)C1CC. The minimum absolute atomic E-state index is 0.0278. The van der Waals surface area contributed by atoms with Gasteiger partial charge in [-0.1, -0.05) is 40.5 Å². The van der Waals surface area contributed by atoms with Crippen molar-refractivity contribution in [3.8, 4) is 0 Å². The van der Waals surface area contributed by atoms with Gasteiger partial charge in [0.2, 0.25) is 11.8 Å². The molecule has 2 amide bonds.